The Hall–Kier alpha value is -1.66. The predicted molar refractivity (Wildman–Crippen MR) is 111 cm³/mol. The molecule has 2 aromatic carbocycles. The van der Waals surface area contributed by atoms with E-state index >= 15 is 0 Å². The van der Waals surface area contributed by atoms with Crippen LogP contribution in [0.5, 0.6) is 11.5 Å². The summed E-state index contributed by atoms with van der Waals surface area (Å²) in [6.07, 6.45) is 3.75. The average Bonchev–Trinajstić information content (AvgIpc) is 2.62. The molecule has 0 saturated carbocycles. The first kappa shape index (κ1) is 20.1. The summed E-state index contributed by atoms with van der Waals surface area (Å²) in [6, 6.07) is 7.60. The highest BCUT2D eigenvalue weighted by molar-refractivity contribution is 9.10. The molecular weight excluding hydrogens is 476 g/mol. The van der Waals surface area contributed by atoms with Crippen LogP contribution in [0.1, 0.15) is 35.1 Å². The van der Waals surface area contributed by atoms with E-state index in [0.717, 1.165) is 44.2 Å². The van der Waals surface area contributed by atoms with Crippen LogP contribution in [-0.4, -0.2) is 23.8 Å². The van der Waals surface area contributed by atoms with Crippen molar-refractivity contribution in [3.05, 3.63) is 55.5 Å². The number of carbonyl (C=O) groups excluding carboxylic acids is 2. The van der Waals surface area contributed by atoms with E-state index in [9.17, 15) is 14.7 Å². The average molecular weight is 496 g/mol. The molecular formula is C21H20Br2O4. The van der Waals surface area contributed by atoms with Crippen LogP contribution in [0.25, 0.3) is 0 Å². The number of methoxy groups -OCH3 is 1. The van der Waals surface area contributed by atoms with Gasteiger partial charge in [-0.15, -0.1) is 0 Å². The van der Waals surface area contributed by atoms with Gasteiger partial charge in [0.1, 0.15) is 23.1 Å². The van der Waals surface area contributed by atoms with Gasteiger partial charge in [0.15, 0.2) is 0 Å². The third-order valence-electron chi connectivity index (χ3n) is 4.86. The van der Waals surface area contributed by atoms with Crippen LogP contribution < -0.4 is 4.74 Å². The lowest BCUT2D eigenvalue weighted by Gasteiger charge is -2.18. The van der Waals surface area contributed by atoms with Gasteiger partial charge >= 0.3 is 0 Å². The van der Waals surface area contributed by atoms with Crippen LogP contribution in [0.15, 0.2) is 33.2 Å². The van der Waals surface area contributed by atoms with Crippen LogP contribution in [0.2, 0.25) is 0 Å². The Kier molecular flexibility index (Phi) is 6.37. The summed E-state index contributed by atoms with van der Waals surface area (Å²) in [6.45, 7) is 0. The van der Waals surface area contributed by atoms with Crippen LogP contribution in [0.4, 0.5) is 0 Å². The number of fused-ring (bicyclic) bond motifs is 2. The molecule has 0 aliphatic heterocycles. The van der Waals surface area contributed by atoms with Crippen LogP contribution in [0, 0.1) is 0 Å². The van der Waals surface area contributed by atoms with Gasteiger partial charge in [-0.2, -0.15) is 0 Å². The summed E-state index contributed by atoms with van der Waals surface area (Å²) >= 11 is 6.74. The van der Waals surface area contributed by atoms with E-state index in [-0.39, 0.29) is 11.5 Å². The second-order valence-corrected chi connectivity index (χ2v) is 8.57. The van der Waals surface area contributed by atoms with Crippen molar-refractivity contribution in [1.29, 1.82) is 0 Å². The summed E-state index contributed by atoms with van der Waals surface area (Å²) in [5.41, 5.74) is 4.19. The Balaban J connectivity index is 0.000000156. The van der Waals surface area contributed by atoms with Crippen LogP contribution >= 0.6 is 31.9 Å². The second kappa shape index (κ2) is 8.57. The maximum absolute atomic E-state index is 11.3. The van der Waals surface area contributed by atoms with Crippen molar-refractivity contribution >= 4 is 43.4 Å². The number of hydrogen-bond donors (Lipinski definition) is 1. The van der Waals surface area contributed by atoms with Gasteiger partial charge in [-0.1, -0.05) is 31.9 Å². The summed E-state index contributed by atoms with van der Waals surface area (Å²) in [5, 5.41) is 9.57. The monoisotopic (exact) mass is 494 g/mol. The van der Waals surface area contributed by atoms with E-state index in [1.165, 1.54) is 5.56 Å². The molecule has 1 N–H and O–H groups in total. The number of ketones is 2. The van der Waals surface area contributed by atoms with Crippen LogP contribution in [-0.2, 0) is 35.3 Å². The van der Waals surface area contributed by atoms with Gasteiger partial charge < -0.3 is 9.84 Å². The molecule has 0 aromatic heterocycles. The minimum Gasteiger partial charge on any atom is -0.508 e. The normalized spacial score (nSPS) is 15.4. The van der Waals surface area contributed by atoms with E-state index in [1.54, 1.807) is 13.2 Å². The number of aromatic hydroxyl groups is 1. The third-order valence-corrected chi connectivity index (χ3v) is 5.78. The highest BCUT2D eigenvalue weighted by Crippen LogP contribution is 2.32. The maximum atomic E-state index is 11.3. The van der Waals surface area contributed by atoms with Gasteiger partial charge in [0.25, 0.3) is 0 Å². The van der Waals surface area contributed by atoms with Crippen molar-refractivity contribution in [1.82, 2.24) is 0 Å². The van der Waals surface area contributed by atoms with E-state index in [1.807, 2.05) is 12.1 Å². The van der Waals surface area contributed by atoms with Crippen molar-refractivity contribution < 1.29 is 19.4 Å². The summed E-state index contributed by atoms with van der Waals surface area (Å²) in [4.78, 5) is 22.5. The van der Waals surface area contributed by atoms with Gasteiger partial charge in [-0.3, -0.25) is 9.59 Å². The fourth-order valence-corrected chi connectivity index (χ4v) is 4.47. The molecule has 6 heteroatoms. The van der Waals surface area contributed by atoms with E-state index in [4.69, 9.17) is 4.74 Å². The number of halogens is 2. The maximum Gasteiger partial charge on any atom is 0.137 e. The van der Waals surface area contributed by atoms with Crippen LogP contribution in [0.3, 0.4) is 0 Å². The lowest BCUT2D eigenvalue weighted by atomic mass is 9.90. The number of Topliss-reactive ketones (excluding diaryl/α,β-unsaturated/α-hetero) is 2. The molecule has 2 aromatic rings. The Morgan fingerprint density at radius 3 is 1.93 bits per heavy atom. The minimum atomic E-state index is 0.213. The number of aryl methyl sites for hydroxylation is 2. The van der Waals surface area contributed by atoms with E-state index in [2.05, 4.69) is 37.9 Å². The van der Waals surface area contributed by atoms with Gasteiger partial charge in [0.2, 0.25) is 0 Å². The van der Waals surface area contributed by atoms with Gasteiger partial charge in [-0.05, 0) is 48.2 Å². The fraction of sp³-hybridized carbons (Fsp3) is 0.333. The van der Waals surface area contributed by atoms with E-state index < -0.39 is 0 Å². The molecule has 0 atom stereocenters. The molecule has 142 valence electrons. The largest absolute Gasteiger partial charge is 0.508 e. The topological polar surface area (TPSA) is 63.6 Å². The first-order valence-electron chi connectivity index (χ1n) is 8.76. The van der Waals surface area contributed by atoms with Crippen molar-refractivity contribution in [3.8, 4) is 11.5 Å². The number of rotatable bonds is 1. The van der Waals surface area contributed by atoms with E-state index in [0.29, 0.717) is 31.5 Å². The Bertz CT molecular complexity index is 888. The number of phenols is 1. The molecule has 2 aliphatic rings. The quantitative estimate of drug-likeness (QED) is 0.621. The molecule has 4 rings (SSSR count). The Morgan fingerprint density at radius 2 is 1.33 bits per heavy atom. The molecule has 0 heterocycles. The number of phenolic OH excluding ortho intramolecular Hbond substituents is 1. The molecule has 0 radical (unpaired) electrons. The number of ether oxygens (including phenoxy) is 1. The molecule has 4 nitrogen and oxygen atoms in total. The Labute approximate surface area is 175 Å². The number of benzene rings is 2. The fourth-order valence-electron chi connectivity index (χ4n) is 3.50. The first-order valence-corrected chi connectivity index (χ1v) is 10.3. The zero-order chi connectivity index (χ0) is 19.6. The zero-order valence-corrected chi connectivity index (χ0v) is 18.2. The van der Waals surface area contributed by atoms with Gasteiger partial charge in [0, 0.05) is 45.8 Å². The molecule has 0 fully saturated rings. The van der Waals surface area contributed by atoms with Crippen molar-refractivity contribution in [3.63, 3.8) is 0 Å². The molecule has 0 saturated heterocycles. The first-order chi connectivity index (χ1) is 12.9. The second-order valence-electron chi connectivity index (χ2n) is 6.74. The lowest BCUT2D eigenvalue weighted by molar-refractivity contribution is -0.119. The minimum absolute atomic E-state index is 0.213. The summed E-state index contributed by atoms with van der Waals surface area (Å²) in [7, 11) is 1.64. The predicted octanol–water partition coefficient (Wildman–Crippen LogP) is 4.73. The molecule has 0 amide bonds. The molecule has 0 bridgehead atoms. The molecule has 2 aliphatic carbocycles. The van der Waals surface area contributed by atoms with Gasteiger partial charge in [0.05, 0.1) is 7.11 Å². The molecule has 0 unspecified atom stereocenters. The SMILES string of the molecule is COc1cc(Br)cc2c1CC(=O)CC2.O=C1CCc2cc(Br)cc(O)c2C1. The summed E-state index contributed by atoms with van der Waals surface area (Å²) in [5.74, 6) is 1.57. The van der Waals surface area contributed by atoms with Crippen molar-refractivity contribution in [2.24, 2.45) is 0 Å². The smallest absolute Gasteiger partial charge is 0.137 e. The highest BCUT2D eigenvalue weighted by Gasteiger charge is 2.20. The van der Waals surface area contributed by atoms with Crippen molar-refractivity contribution in [2.75, 3.05) is 7.11 Å². The van der Waals surface area contributed by atoms with Crippen molar-refractivity contribution in [2.45, 2.75) is 38.5 Å². The standard InChI is InChI=1S/C11H11BrO2.C10H9BrO2/c1-14-11-5-8(12)4-7-2-3-9(13)6-10(7)11;11-7-3-6-1-2-8(12)5-9(6)10(13)4-7/h4-5H,2-3,6H2,1H3;3-4,13H,1-2,5H2. The zero-order valence-electron chi connectivity index (χ0n) is 15.0. The number of carbonyl (C=O) groups is 2. The number of hydrogen-bond acceptors (Lipinski definition) is 4. The highest BCUT2D eigenvalue weighted by atomic mass is 79.9. The Morgan fingerprint density at radius 1 is 0.815 bits per heavy atom. The lowest BCUT2D eigenvalue weighted by Crippen LogP contribution is -2.14. The molecule has 0 spiro atoms. The van der Waals surface area contributed by atoms with Gasteiger partial charge in [-0.25, -0.2) is 0 Å². The summed E-state index contributed by atoms with van der Waals surface area (Å²) < 4.78 is 7.15. The third kappa shape index (κ3) is 4.79. The molecule has 27 heavy (non-hydrogen) atoms.